The van der Waals surface area contributed by atoms with Crippen LogP contribution in [0.5, 0.6) is 0 Å². The van der Waals surface area contributed by atoms with Gasteiger partial charge in [-0.1, -0.05) is 0 Å². The maximum absolute atomic E-state index is 11.3. The van der Waals surface area contributed by atoms with Crippen LogP contribution in [0.15, 0.2) is 0 Å². The van der Waals surface area contributed by atoms with Crippen LogP contribution in [0.1, 0.15) is 6.92 Å². The van der Waals surface area contributed by atoms with Gasteiger partial charge < -0.3 is 14.7 Å². The second kappa shape index (κ2) is 6.06. The summed E-state index contributed by atoms with van der Waals surface area (Å²) in [4.78, 5) is 24.9. The second-order valence-corrected chi connectivity index (χ2v) is 3.65. The lowest BCUT2D eigenvalue weighted by atomic mass is 10.2. The molecule has 1 heterocycles. The van der Waals surface area contributed by atoms with Crippen LogP contribution < -0.4 is 0 Å². The highest BCUT2D eigenvalue weighted by atomic mass is 16.5. The molecule has 1 unspecified atom stereocenters. The van der Waals surface area contributed by atoms with E-state index in [1.807, 2.05) is 6.07 Å². The van der Waals surface area contributed by atoms with Gasteiger partial charge in [0, 0.05) is 13.1 Å². The van der Waals surface area contributed by atoms with E-state index < -0.39 is 18.1 Å². The lowest BCUT2D eigenvalue weighted by Crippen LogP contribution is -2.55. The molecule has 0 radical (unpaired) electrons. The maximum Gasteiger partial charge on any atom is 0.407 e. The van der Waals surface area contributed by atoms with Crippen molar-refractivity contribution in [1.29, 1.82) is 5.26 Å². The molecule has 0 spiro atoms. The summed E-state index contributed by atoms with van der Waals surface area (Å²) < 4.78 is 4.79. The fourth-order valence-corrected chi connectivity index (χ4v) is 1.68. The van der Waals surface area contributed by atoms with Crippen molar-refractivity contribution >= 4 is 12.1 Å². The highest BCUT2D eigenvalue weighted by Gasteiger charge is 2.30. The monoisotopic (exact) mass is 241 g/mol. The largest absolute Gasteiger partial charge is 0.465 e. The second-order valence-electron chi connectivity index (χ2n) is 3.65. The van der Waals surface area contributed by atoms with Crippen LogP contribution in [0.3, 0.4) is 0 Å². The van der Waals surface area contributed by atoms with Gasteiger partial charge in [-0.3, -0.25) is 9.69 Å². The SMILES string of the molecule is CCOC(=O)CN1CCN(C(=O)O)CC1C#N. The molecule has 94 valence electrons. The molecule has 0 aromatic rings. The number of nitrogens with zero attached hydrogens (tertiary/aromatic N) is 3. The summed E-state index contributed by atoms with van der Waals surface area (Å²) in [6.07, 6.45) is -1.04. The van der Waals surface area contributed by atoms with Crippen molar-refractivity contribution < 1.29 is 19.4 Å². The molecule has 1 amide bonds. The number of esters is 1. The summed E-state index contributed by atoms with van der Waals surface area (Å²) in [5, 5.41) is 17.8. The molecule has 0 aromatic carbocycles. The predicted molar refractivity (Wildman–Crippen MR) is 57.2 cm³/mol. The Bertz CT molecular complexity index is 339. The predicted octanol–water partition coefficient (Wildman–Crippen LogP) is -0.263. The van der Waals surface area contributed by atoms with E-state index in [0.29, 0.717) is 19.7 Å². The number of ether oxygens (including phenoxy) is 1. The third-order valence-corrected chi connectivity index (χ3v) is 2.55. The van der Waals surface area contributed by atoms with Crippen LogP contribution in [0.2, 0.25) is 0 Å². The average molecular weight is 241 g/mol. The van der Waals surface area contributed by atoms with Crippen molar-refractivity contribution in [2.45, 2.75) is 13.0 Å². The number of hydrogen-bond acceptors (Lipinski definition) is 5. The van der Waals surface area contributed by atoms with Crippen molar-refractivity contribution in [1.82, 2.24) is 9.80 Å². The minimum atomic E-state index is -1.04. The molecule has 7 nitrogen and oxygen atoms in total. The number of rotatable bonds is 3. The lowest BCUT2D eigenvalue weighted by Gasteiger charge is -2.36. The Labute approximate surface area is 99.2 Å². The van der Waals surface area contributed by atoms with E-state index in [-0.39, 0.29) is 13.1 Å². The molecule has 17 heavy (non-hydrogen) atoms. The number of piperazine rings is 1. The van der Waals surface area contributed by atoms with Gasteiger partial charge in [0.2, 0.25) is 0 Å². The van der Waals surface area contributed by atoms with E-state index in [0.717, 1.165) is 0 Å². The fraction of sp³-hybridized carbons (Fsp3) is 0.700. The number of nitriles is 1. The smallest absolute Gasteiger partial charge is 0.407 e. The molecular formula is C10H15N3O4. The molecule has 1 N–H and O–H groups in total. The molecule has 1 rings (SSSR count). The summed E-state index contributed by atoms with van der Waals surface area (Å²) in [6.45, 7) is 2.80. The molecule has 1 atom stereocenters. The molecule has 1 fully saturated rings. The van der Waals surface area contributed by atoms with Gasteiger partial charge in [-0.05, 0) is 6.92 Å². The van der Waals surface area contributed by atoms with Crippen LogP contribution in [0.25, 0.3) is 0 Å². The van der Waals surface area contributed by atoms with Crippen LogP contribution in [0, 0.1) is 11.3 Å². The Balaban J connectivity index is 2.55. The Morgan fingerprint density at radius 3 is 2.76 bits per heavy atom. The first-order chi connectivity index (χ1) is 8.08. The topological polar surface area (TPSA) is 93.9 Å². The minimum absolute atomic E-state index is 0.0273. The first-order valence-corrected chi connectivity index (χ1v) is 5.35. The first kappa shape index (κ1) is 13.3. The Kier molecular flexibility index (Phi) is 4.72. The van der Waals surface area contributed by atoms with E-state index in [1.54, 1.807) is 11.8 Å². The summed E-state index contributed by atoms with van der Waals surface area (Å²) in [7, 11) is 0. The van der Waals surface area contributed by atoms with E-state index in [2.05, 4.69) is 0 Å². The van der Waals surface area contributed by atoms with Crippen molar-refractivity contribution in [2.75, 3.05) is 32.8 Å². The van der Waals surface area contributed by atoms with E-state index >= 15 is 0 Å². The molecule has 0 bridgehead atoms. The minimum Gasteiger partial charge on any atom is -0.465 e. The summed E-state index contributed by atoms with van der Waals surface area (Å²) in [5.74, 6) is -0.392. The molecule has 1 aliphatic rings. The third kappa shape index (κ3) is 3.60. The van der Waals surface area contributed by atoms with Crippen molar-refractivity contribution in [3.8, 4) is 6.07 Å². The highest BCUT2D eigenvalue weighted by Crippen LogP contribution is 2.09. The van der Waals surface area contributed by atoms with Gasteiger partial charge in [0.25, 0.3) is 0 Å². The molecule has 0 aromatic heterocycles. The van der Waals surface area contributed by atoms with Gasteiger partial charge in [-0.15, -0.1) is 0 Å². The number of carbonyl (C=O) groups is 2. The molecule has 0 aliphatic carbocycles. The van der Waals surface area contributed by atoms with Crippen molar-refractivity contribution in [3.63, 3.8) is 0 Å². The van der Waals surface area contributed by atoms with Gasteiger partial charge >= 0.3 is 12.1 Å². The van der Waals surface area contributed by atoms with E-state index in [4.69, 9.17) is 15.1 Å². The zero-order valence-electron chi connectivity index (χ0n) is 9.63. The standard InChI is InChI=1S/C10H15N3O4/c1-2-17-9(14)7-12-3-4-13(10(15)16)6-8(12)5-11/h8H,2-4,6-7H2,1H3,(H,15,16). The van der Waals surface area contributed by atoms with Gasteiger partial charge in [-0.25, -0.2) is 4.79 Å². The quantitative estimate of drug-likeness (QED) is 0.684. The Morgan fingerprint density at radius 2 is 2.24 bits per heavy atom. The highest BCUT2D eigenvalue weighted by molar-refractivity contribution is 5.72. The molecule has 0 saturated carbocycles. The maximum atomic E-state index is 11.3. The van der Waals surface area contributed by atoms with Gasteiger partial charge in [0.05, 0.1) is 25.8 Å². The van der Waals surface area contributed by atoms with E-state index in [9.17, 15) is 9.59 Å². The zero-order valence-corrected chi connectivity index (χ0v) is 9.63. The summed E-state index contributed by atoms with van der Waals surface area (Å²) in [6, 6.07) is 1.41. The zero-order chi connectivity index (χ0) is 12.8. The Hall–Kier alpha value is -1.81. The molecule has 1 aliphatic heterocycles. The number of hydrogen-bond donors (Lipinski definition) is 1. The average Bonchev–Trinajstić information content (AvgIpc) is 2.29. The molecule has 1 saturated heterocycles. The van der Waals surface area contributed by atoms with Crippen LogP contribution in [0.4, 0.5) is 4.79 Å². The van der Waals surface area contributed by atoms with Crippen LogP contribution in [-0.2, 0) is 9.53 Å². The molecule has 7 heteroatoms. The van der Waals surface area contributed by atoms with Gasteiger partial charge in [-0.2, -0.15) is 5.26 Å². The lowest BCUT2D eigenvalue weighted by molar-refractivity contribution is -0.145. The Morgan fingerprint density at radius 1 is 1.53 bits per heavy atom. The van der Waals surface area contributed by atoms with Gasteiger partial charge in [0.1, 0.15) is 6.04 Å². The summed E-state index contributed by atoms with van der Waals surface area (Å²) in [5.41, 5.74) is 0. The van der Waals surface area contributed by atoms with Gasteiger partial charge in [0.15, 0.2) is 0 Å². The number of carboxylic acid groups (broad SMARTS) is 1. The van der Waals surface area contributed by atoms with Crippen molar-refractivity contribution in [2.24, 2.45) is 0 Å². The number of carbonyl (C=O) groups excluding carboxylic acids is 1. The normalized spacial score (nSPS) is 20.7. The van der Waals surface area contributed by atoms with E-state index in [1.165, 1.54) is 4.90 Å². The van der Waals surface area contributed by atoms with Crippen LogP contribution >= 0.6 is 0 Å². The number of amides is 1. The fourth-order valence-electron chi connectivity index (χ4n) is 1.68. The summed E-state index contributed by atoms with van der Waals surface area (Å²) >= 11 is 0. The molecular weight excluding hydrogens is 226 g/mol. The first-order valence-electron chi connectivity index (χ1n) is 5.35. The third-order valence-electron chi connectivity index (χ3n) is 2.55. The van der Waals surface area contributed by atoms with Crippen LogP contribution in [-0.4, -0.2) is 65.8 Å². The van der Waals surface area contributed by atoms with Crippen molar-refractivity contribution in [3.05, 3.63) is 0 Å².